The fourth-order valence-electron chi connectivity index (χ4n) is 3.15. The summed E-state index contributed by atoms with van der Waals surface area (Å²) in [6, 6.07) is 7.58. The van der Waals surface area contributed by atoms with E-state index in [-0.39, 0.29) is 5.57 Å². The van der Waals surface area contributed by atoms with Gasteiger partial charge < -0.3 is 5.32 Å². The number of ketones is 1. The van der Waals surface area contributed by atoms with Crippen LogP contribution in [0.5, 0.6) is 0 Å². The molecule has 3 rings (SSSR count). The van der Waals surface area contributed by atoms with Gasteiger partial charge in [0.25, 0.3) is 17.6 Å². The Bertz CT molecular complexity index is 716. The van der Waals surface area contributed by atoms with Crippen LogP contribution in [-0.4, -0.2) is 35.1 Å². The van der Waals surface area contributed by atoms with Gasteiger partial charge in [0, 0.05) is 18.2 Å². The van der Waals surface area contributed by atoms with E-state index < -0.39 is 23.1 Å². The molecule has 1 aromatic carbocycles. The highest BCUT2D eigenvalue weighted by molar-refractivity contribution is 6.55. The number of nitrogens with zero attached hydrogens (tertiary/aromatic N) is 1. The van der Waals surface area contributed by atoms with Gasteiger partial charge in [0.15, 0.2) is 0 Å². The molecule has 0 radical (unpaired) electrons. The summed E-state index contributed by atoms with van der Waals surface area (Å²) >= 11 is 0. The van der Waals surface area contributed by atoms with E-state index >= 15 is 0 Å². The predicted octanol–water partition coefficient (Wildman–Crippen LogP) is 0.890. The van der Waals surface area contributed by atoms with E-state index in [0.717, 1.165) is 11.1 Å². The Morgan fingerprint density at radius 3 is 2.57 bits per heavy atom. The van der Waals surface area contributed by atoms with Gasteiger partial charge in [-0.15, -0.1) is 0 Å². The number of carbonyl (C=O) groups excluding carboxylic acids is 3. The summed E-state index contributed by atoms with van der Waals surface area (Å²) in [6.45, 7) is 3.81. The number of rotatable bonds is 1. The molecule has 0 aliphatic carbocycles. The lowest BCUT2D eigenvalue weighted by atomic mass is 9.84. The topological polar surface area (TPSA) is 66.5 Å². The molecule has 2 aliphatic rings. The molecular formula is C16H16N2O3. The van der Waals surface area contributed by atoms with E-state index in [0.29, 0.717) is 12.1 Å². The summed E-state index contributed by atoms with van der Waals surface area (Å²) in [7, 11) is 1.45. The summed E-state index contributed by atoms with van der Waals surface area (Å²) in [5, 5.41) is 2.45. The summed E-state index contributed by atoms with van der Waals surface area (Å²) in [4.78, 5) is 38.2. The van der Waals surface area contributed by atoms with Crippen LogP contribution in [0, 0.1) is 0 Å². The zero-order valence-electron chi connectivity index (χ0n) is 12.2. The van der Waals surface area contributed by atoms with Crippen molar-refractivity contribution in [2.45, 2.75) is 25.8 Å². The Morgan fingerprint density at radius 2 is 1.90 bits per heavy atom. The van der Waals surface area contributed by atoms with Gasteiger partial charge in [0.1, 0.15) is 5.57 Å². The molecule has 0 aromatic heterocycles. The molecule has 2 heterocycles. The van der Waals surface area contributed by atoms with Crippen molar-refractivity contribution >= 4 is 23.3 Å². The van der Waals surface area contributed by atoms with Crippen LogP contribution in [-0.2, 0) is 20.8 Å². The molecule has 2 aliphatic heterocycles. The first-order valence-corrected chi connectivity index (χ1v) is 6.82. The number of nitrogens with one attached hydrogen (secondary N) is 1. The fraction of sp³-hybridized carbons (Fsp3) is 0.312. The molecule has 2 amide bonds. The summed E-state index contributed by atoms with van der Waals surface area (Å²) in [5.41, 5.74) is 1.68. The first-order valence-electron chi connectivity index (χ1n) is 6.82. The minimum absolute atomic E-state index is 0.0530. The van der Waals surface area contributed by atoms with Crippen molar-refractivity contribution in [3.05, 3.63) is 41.0 Å². The summed E-state index contributed by atoms with van der Waals surface area (Å²) in [5.74, 6) is -1.87. The van der Waals surface area contributed by atoms with Crippen LogP contribution in [0.25, 0.3) is 5.70 Å². The molecule has 1 N–H and O–H groups in total. The molecule has 0 spiro atoms. The van der Waals surface area contributed by atoms with Crippen LogP contribution in [0.2, 0.25) is 0 Å². The monoisotopic (exact) mass is 284 g/mol. The maximum Gasteiger partial charge on any atom is 0.300 e. The van der Waals surface area contributed by atoms with Gasteiger partial charge in [0.2, 0.25) is 0 Å². The van der Waals surface area contributed by atoms with Crippen molar-refractivity contribution < 1.29 is 14.4 Å². The van der Waals surface area contributed by atoms with Gasteiger partial charge in [0.05, 0.1) is 5.70 Å². The Balaban J connectivity index is 2.35. The first kappa shape index (κ1) is 13.5. The van der Waals surface area contributed by atoms with Gasteiger partial charge in [-0.25, -0.2) is 0 Å². The van der Waals surface area contributed by atoms with Crippen LogP contribution in [0.3, 0.4) is 0 Å². The molecule has 1 aromatic rings. The van der Waals surface area contributed by atoms with E-state index in [2.05, 4.69) is 5.32 Å². The fourth-order valence-corrected chi connectivity index (χ4v) is 3.15. The van der Waals surface area contributed by atoms with E-state index in [1.807, 2.05) is 38.1 Å². The SMILES string of the molecule is CNC(=O)C1=C2c3ccccc3CC(C)(C)N2C(=O)C1=O. The average Bonchev–Trinajstić information content (AvgIpc) is 2.71. The van der Waals surface area contributed by atoms with Gasteiger partial charge >= 0.3 is 0 Å². The molecule has 0 fully saturated rings. The number of hydrogen-bond acceptors (Lipinski definition) is 3. The number of likely N-dealkylation sites (N-methyl/N-ethyl adjacent to an activating group) is 1. The largest absolute Gasteiger partial charge is 0.355 e. The lowest BCUT2D eigenvalue weighted by Gasteiger charge is -2.42. The van der Waals surface area contributed by atoms with Crippen LogP contribution in [0.15, 0.2) is 29.8 Å². The second-order valence-electron chi connectivity index (χ2n) is 5.92. The van der Waals surface area contributed by atoms with Crippen molar-refractivity contribution in [2.75, 3.05) is 7.05 Å². The third-order valence-electron chi connectivity index (χ3n) is 4.04. The van der Waals surface area contributed by atoms with Crippen LogP contribution >= 0.6 is 0 Å². The lowest BCUT2D eigenvalue weighted by Crippen LogP contribution is -2.49. The molecular weight excluding hydrogens is 268 g/mol. The Labute approximate surface area is 122 Å². The standard InChI is InChI=1S/C16H16N2O3/c1-16(2)8-9-6-4-5-7-10(9)12-11(14(20)17-3)13(19)15(21)18(12)16/h4-7H,8H2,1-3H3,(H,17,20). The quantitative estimate of drug-likeness (QED) is 0.615. The van der Waals surface area contributed by atoms with Gasteiger partial charge in [-0.2, -0.15) is 0 Å². The number of amides is 2. The highest BCUT2D eigenvalue weighted by Crippen LogP contribution is 2.43. The Hall–Kier alpha value is -2.43. The van der Waals surface area contributed by atoms with E-state index in [1.54, 1.807) is 0 Å². The third kappa shape index (κ3) is 1.73. The van der Waals surface area contributed by atoms with E-state index in [1.165, 1.54) is 11.9 Å². The summed E-state index contributed by atoms with van der Waals surface area (Å²) < 4.78 is 0. The zero-order chi connectivity index (χ0) is 15.4. The van der Waals surface area contributed by atoms with Crippen LogP contribution in [0.1, 0.15) is 25.0 Å². The zero-order valence-corrected chi connectivity index (χ0v) is 12.2. The third-order valence-corrected chi connectivity index (χ3v) is 4.04. The second kappa shape index (κ2) is 4.28. The van der Waals surface area contributed by atoms with Gasteiger partial charge in [-0.3, -0.25) is 19.3 Å². The highest BCUT2D eigenvalue weighted by atomic mass is 16.2. The van der Waals surface area contributed by atoms with Crippen molar-refractivity contribution in [1.29, 1.82) is 0 Å². The highest BCUT2D eigenvalue weighted by Gasteiger charge is 2.50. The maximum absolute atomic E-state index is 12.4. The van der Waals surface area contributed by atoms with Crippen molar-refractivity contribution in [3.63, 3.8) is 0 Å². The van der Waals surface area contributed by atoms with Crippen molar-refractivity contribution in [1.82, 2.24) is 10.2 Å². The minimum Gasteiger partial charge on any atom is -0.355 e. The molecule has 0 saturated carbocycles. The number of benzene rings is 1. The number of fused-ring (bicyclic) bond motifs is 3. The second-order valence-corrected chi connectivity index (χ2v) is 5.92. The smallest absolute Gasteiger partial charge is 0.300 e. The molecule has 5 nitrogen and oxygen atoms in total. The molecule has 0 bridgehead atoms. The van der Waals surface area contributed by atoms with Crippen LogP contribution < -0.4 is 5.32 Å². The maximum atomic E-state index is 12.4. The number of hydrogen-bond donors (Lipinski definition) is 1. The Morgan fingerprint density at radius 1 is 1.24 bits per heavy atom. The molecule has 0 saturated heterocycles. The molecule has 0 atom stereocenters. The lowest BCUT2D eigenvalue weighted by molar-refractivity contribution is -0.142. The molecule has 21 heavy (non-hydrogen) atoms. The van der Waals surface area contributed by atoms with Crippen molar-refractivity contribution in [3.8, 4) is 0 Å². The first-order chi connectivity index (χ1) is 9.88. The minimum atomic E-state index is -0.728. The van der Waals surface area contributed by atoms with E-state index in [4.69, 9.17) is 0 Å². The Kier molecular flexibility index (Phi) is 2.76. The molecule has 5 heteroatoms. The number of carbonyl (C=O) groups is 3. The average molecular weight is 284 g/mol. The molecule has 108 valence electrons. The molecule has 0 unspecified atom stereocenters. The van der Waals surface area contributed by atoms with Gasteiger partial charge in [-0.1, -0.05) is 24.3 Å². The van der Waals surface area contributed by atoms with Crippen molar-refractivity contribution in [2.24, 2.45) is 0 Å². The predicted molar refractivity (Wildman–Crippen MR) is 77.1 cm³/mol. The summed E-state index contributed by atoms with van der Waals surface area (Å²) in [6.07, 6.45) is 0.646. The normalized spacial score (nSPS) is 19.5. The van der Waals surface area contributed by atoms with Gasteiger partial charge in [-0.05, 0) is 25.8 Å². The van der Waals surface area contributed by atoms with E-state index in [9.17, 15) is 14.4 Å². The van der Waals surface area contributed by atoms with Crippen LogP contribution in [0.4, 0.5) is 0 Å². The number of Topliss-reactive ketones (excluding diaryl/α,β-unsaturated/α-hetero) is 1.